The minimum atomic E-state index is 0.573. The van der Waals surface area contributed by atoms with Crippen LogP contribution < -0.4 is 10.2 Å². The average Bonchev–Trinajstić information content (AvgIpc) is 3.19. The van der Waals surface area contributed by atoms with Gasteiger partial charge in [0.15, 0.2) is 0 Å². The van der Waals surface area contributed by atoms with Crippen molar-refractivity contribution in [2.24, 2.45) is 0 Å². The van der Waals surface area contributed by atoms with Crippen LogP contribution in [0.3, 0.4) is 0 Å². The minimum absolute atomic E-state index is 0.573. The highest BCUT2D eigenvalue weighted by Gasteiger charge is 2.30. The van der Waals surface area contributed by atoms with Crippen LogP contribution in [0.2, 0.25) is 0 Å². The maximum absolute atomic E-state index is 5.46. The van der Waals surface area contributed by atoms with Crippen molar-refractivity contribution in [1.82, 2.24) is 15.3 Å². The Balaban J connectivity index is 1.76. The Labute approximate surface area is 119 Å². The fourth-order valence-corrected chi connectivity index (χ4v) is 2.23. The molecule has 1 fully saturated rings. The topological polar surface area (TPSA) is 54.2 Å². The lowest BCUT2D eigenvalue weighted by molar-refractivity contribution is 0.500. The molecule has 0 aliphatic heterocycles. The lowest BCUT2D eigenvalue weighted by atomic mass is 10.3. The maximum Gasteiger partial charge on any atom is 0.148 e. The zero-order chi connectivity index (χ0) is 13.8. The summed E-state index contributed by atoms with van der Waals surface area (Å²) >= 11 is 0. The van der Waals surface area contributed by atoms with Gasteiger partial charge in [0, 0.05) is 18.8 Å². The molecular weight excluding hydrogens is 252 g/mol. The van der Waals surface area contributed by atoms with Gasteiger partial charge in [-0.05, 0) is 31.5 Å². The van der Waals surface area contributed by atoms with Crippen molar-refractivity contribution in [2.75, 3.05) is 11.4 Å². The van der Waals surface area contributed by atoms with Crippen LogP contribution in [-0.4, -0.2) is 22.6 Å². The number of aromatic nitrogens is 2. The number of rotatable bonds is 7. The second-order valence-electron chi connectivity index (χ2n) is 5.09. The van der Waals surface area contributed by atoms with Crippen LogP contribution in [-0.2, 0) is 13.1 Å². The largest absolute Gasteiger partial charge is 0.467 e. The number of hydrogen-bond acceptors (Lipinski definition) is 5. The quantitative estimate of drug-likeness (QED) is 0.838. The van der Waals surface area contributed by atoms with E-state index in [-0.39, 0.29) is 0 Å². The van der Waals surface area contributed by atoms with Crippen LogP contribution in [0, 0.1) is 0 Å². The van der Waals surface area contributed by atoms with Gasteiger partial charge in [-0.1, -0.05) is 6.92 Å². The van der Waals surface area contributed by atoms with Crippen LogP contribution in [0.5, 0.6) is 0 Å². The smallest absolute Gasteiger partial charge is 0.148 e. The Bertz CT molecular complexity index is 537. The summed E-state index contributed by atoms with van der Waals surface area (Å²) in [4.78, 5) is 11.3. The zero-order valence-corrected chi connectivity index (χ0v) is 11.7. The highest BCUT2D eigenvalue weighted by Crippen LogP contribution is 2.31. The molecule has 20 heavy (non-hydrogen) atoms. The van der Waals surface area contributed by atoms with Gasteiger partial charge in [-0.25, -0.2) is 4.98 Å². The molecule has 1 aliphatic carbocycles. The van der Waals surface area contributed by atoms with Gasteiger partial charge in [-0.15, -0.1) is 0 Å². The van der Waals surface area contributed by atoms with Gasteiger partial charge < -0.3 is 14.6 Å². The molecule has 1 aliphatic rings. The Morgan fingerprint density at radius 1 is 1.40 bits per heavy atom. The van der Waals surface area contributed by atoms with E-state index in [9.17, 15) is 0 Å². The van der Waals surface area contributed by atoms with Crippen molar-refractivity contribution in [3.8, 4) is 0 Å². The van der Waals surface area contributed by atoms with E-state index >= 15 is 0 Å². The van der Waals surface area contributed by atoms with Crippen molar-refractivity contribution in [3.05, 3.63) is 42.2 Å². The molecule has 2 aromatic rings. The predicted octanol–water partition coefficient (Wildman–Crippen LogP) is 2.35. The first-order valence-electron chi connectivity index (χ1n) is 7.17. The van der Waals surface area contributed by atoms with E-state index in [1.807, 2.05) is 24.5 Å². The standard InChI is InChI=1S/C15H20N4O/c1-2-16-8-12-9-17-10-15(18-12)19(13-5-6-13)11-14-4-3-7-20-14/h3-4,7,9-10,13,16H,2,5-6,8,11H2,1H3. The first-order chi connectivity index (χ1) is 9.86. The molecule has 1 N–H and O–H groups in total. The number of anilines is 1. The molecule has 2 heterocycles. The minimum Gasteiger partial charge on any atom is -0.467 e. The fraction of sp³-hybridized carbons (Fsp3) is 0.467. The highest BCUT2D eigenvalue weighted by molar-refractivity contribution is 5.40. The van der Waals surface area contributed by atoms with E-state index in [2.05, 4.69) is 22.1 Å². The molecule has 1 saturated carbocycles. The number of nitrogens with zero attached hydrogens (tertiary/aromatic N) is 3. The summed E-state index contributed by atoms with van der Waals surface area (Å²) < 4.78 is 5.46. The number of furan rings is 1. The first kappa shape index (κ1) is 13.1. The normalized spacial score (nSPS) is 14.4. The van der Waals surface area contributed by atoms with Gasteiger partial charge in [0.1, 0.15) is 11.6 Å². The van der Waals surface area contributed by atoms with Gasteiger partial charge in [-0.3, -0.25) is 4.98 Å². The van der Waals surface area contributed by atoms with Crippen LogP contribution in [0.25, 0.3) is 0 Å². The molecule has 5 nitrogen and oxygen atoms in total. The van der Waals surface area contributed by atoms with Crippen LogP contribution in [0.1, 0.15) is 31.2 Å². The van der Waals surface area contributed by atoms with Crippen molar-refractivity contribution in [2.45, 2.75) is 38.9 Å². The summed E-state index contributed by atoms with van der Waals surface area (Å²) in [5.74, 6) is 1.91. The van der Waals surface area contributed by atoms with Crippen LogP contribution in [0.15, 0.2) is 35.2 Å². The van der Waals surface area contributed by atoms with Crippen molar-refractivity contribution in [3.63, 3.8) is 0 Å². The second-order valence-corrected chi connectivity index (χ2v) is 5.09. The van der Waals surface area contributed by atoms with Gasteiger partial charge in [0.05, 0.1) is 24.7 Å². The van der Waals surface area contributed by atoms with Crippen molar-refractivity contribution < 1.29 is 4.42 Å². The summed E-state index contributed by atoms with van der Waals surface area (Å²) in [6.45, 7) is 4.54. The third-order valence-electron chi connectivity index (χ3n) is 3.42. The predicted molar refractivity (Wildman–Crippen MR) is 77.3 cm³/mol. The molecule has 0 aromatic carbocycles. The van der Waals surface area contributed by atoms with Crippen LogP contribution >= 0.6 is 0 Å². The van der Waals surface area contributed by atoms with E-state index in [1.165, 1.54) is 12.8 Å². The molecule has 0 saturated heterocycles. The zero-order valence-electron chi connectivity index (χ0n) is 11.7. The number of nitrogens with one attached hydrogen (secondary N) is 1. The van der Waals surface area contributed by atoms with E-state index in [4.69, 9.17) is 9.40 Å². The average molecular weight is 272 g/mol. The summed E-state index contributed by atoms with van der Waals surface area (Å²) in [5, 5.41) is 3.28. The molecule has 3 rings (SSSR count). The summed E-state index contributed by atoms with van der Waals surface area (Å²) in [6.07, 6.45) is 7.83. The van der Waals surface area contributed by atoms with Crippen molar-refractivity contribution in [1.29, 1.82) is 0 Å². The first-order valence-corrected chi connectivity index (χ1v) is 7.17. The molecule has 0 amide bonds. The molecule has 106 valence electrons. The molecule has 5 heteroatoms. The summed E-state index contributed by atoms with van der Waals surface area (Å²) in [5.41, 5.74) is 0.981. The Morgan fingerprint density at radius 3 is 3.00 bits per heavy atom. The third kappa shape index (κ3) is 3.17. The number of hydrogen-bond donors (Lipinski definition) is 1. The summed E-state index contributed by atoms with van der Waals surface area (Å²) in [7, 11) is 0. The van der Waals surface area contributed by atoms with Gasteiger partial charge in [0.2, 0.25) is 0 Å². The molecule has 0 atom stereocenters. The van der Waals surface area contributed by atoms with Crippen LogP contribution in [0.4, 0.5) is 5.82 Å². The lowest BCUT2D eigenvalue weighted by Gasteiger charge is -2.22. The van der Waals surface area contributed by atoms with Gasteiger partial charge in [-0.2, -0.15) is 0 Å². The molecule has 0 spiro atoms. The van der Waals surface area contributed by atoms with E-state index in [1.54, 1.807) is 6.26 Å². The molecule has 0 radical (unpaired) electrons. The monoisotopic (exact) mass is 272 g/mol. The van der Waals surface area contributed by atoms with E-state index in [0.29, 0.717) is 6.04 Å². The molecule has 2 aromatic heterocycles. The summed E-state index contributed by atoms with van der Waals surface area (Å²) in [6, 6.07) is 4.50. The fourth-order valence-electron chi connectivity index (χ4n) is 2.23. The molecule has 0 bridgehead atoms. The highest BCUT2D eigenvalue weighted by atomic mass is 16.3. The second kappa shape index (κ2) is 6.05. The third-order valence-corrected chi connectivity index (χ3v) is 3.42. The van der Waals surface area contributed by atoms with E-state index in [0.717, 1.165) is 36.9 Å². The molecular formula is C15H20N4O. The Hall–Kier alpha value is -1.88. The van der Waals surface area contributed by atoms with Gasteiger partial charge >= 0.3 is 0 Å². The van der Waals surface area contributed by atoms with Crippen molar-refractivity contribution >= 4 is 5.82 Å². The lowest BCUT2D eigenvalue weighted by Crippen LogP contribution is -2.26. The Morgan fingerprint density at radius 2 is 2.30 bits per heavy atom. The maximum atomic E-state index is 5.46. The van der Waals surface area contributed by atoms with Gasteiger partial charge in [0.25, 0.3) is 0 Å². The molecule has 0 unspecified atom stereocenters. The SMILES string of the molecule is CCNCc1cncc(N(Cc2ccco2)C2CC2)n1. The Kier molecular flexibility index (Phi) is 3.97. The van der Waals surface area contributed by atoms with E-state index < -0.39 is 0 Å².